The topological polar surface area (TPSA) is 19.7 Å². The molecule has 0 unspecified atom stereocenters. The quantitative estimate of drug-likeness (QED) is 0.137. The Bertz CT molecular complexity index is 4120. The van der Waals surface area contributed by atoms with Crippen LogP contribution in [0.25, 0.3) is 122 Å². The molecule has 362 valence electrons. The standard InChI is InChI=1S/C72H54N4/c1-47-35-57-31-33-69-67(37-49(3)73(69)65-43-59(51-19-9-5-10-20-51)39-60(44-65)52-21-11-6-12-22-52)71(57)75(47)63-29-17-27-55(41-63)56-28-18-30-64(42-56)76-48(2)36-58-32-34-70-68(72(58)76)38-50(4)74(70)66-45-61(53-23-13-7-14-24-53)40-62(46-66)54-25-15-8-16-26-54/h5-46H,1-4H3. The normalized spacial score (nSPS) is 11.7. The van der Waals surface area contributed by atoms with Crippen molar-refractivity contribution in [3.8, 4) is 78.4 Å². The van der Waals surface area contributed by atoms with Crippen LogP contribution in [0.3, 0.4) is 0 Å². The second-order valence-electron chi connectivity index (χ2n) is 20.5. The lowest BCUT2D eigenvalue weighted by Crippen LogP contribution is -1.99. The molecule has 76 heavy (non-hydrogen) atoms. The average Bonchev–Trinajstić information content (AvgIpc) is 4.31. The molecule has 0 bridgehead atoms. The van der Waals surface area contributed by atoms with Crippen molar-refractivity contribution in [1.29, 1.82) is 0 Å². The van der Waals surface area contributed by atoms with Gasteiger partial charge in [-0.05, 0) is 180 Å². The zero-order valence-corrected chi connectivity index (χ0v) is 43.0. The van der Waals surface area contributed by atoms with Crippen LogP contribution >= 0.6 is 0 Å². The molecule has 0 amide bonds. The fourth-order valence-corrected chi connectivity index (χ4v) is 12.2. The Morgan fingerprint density at radius 1 is 0.211 bits per heavy atom. The summed E-state index contributed by atoms with van der Waals surface area (Å²) in [4.78, 5) is 0. The molecule has 4 heterocycles. The van der Waals surface area contributed by atoms with E-state index in [4.69, 9.17) is 0 Å². The van der Waals surface area contributed by atoms with Crippen LogP contribution in [0, 0.1) is 27.7 Å². The Balaban J connectivity index is 0.864. The number of aryl methyl sites for hydroxylation is 4. The molecule has 14 aromatic rings. The summed E-state index contributed by atoms with van der Waals surface area (Å²) in [5.74, 6) is 0. The molecule has 0 saturated carbocycles. The predicted octanol–water partition coefficient (Wildman–Crippen LogP) is 19.0. The van der Waals surface area contributed by atoms with Crippen LogP contribution in [0.4, 0.5) is 0 Å². The highest BCUT2D eigenvalue weighted by Gasteiger charge is 2.21. The summed E-state index contributed by atoms with van der Waals surface area (Å²) in [6.07, 6.45) is 0. The zero-order chi connectivity index (χ0) is 51.0. The number of fused-ring (bicyclic) bond motifs is 6. The van der Waals surface area contributed by atoms with Gasteiger partial charge in [-0.1, -0.05) is 158 Å². The molecule has 0 aliphatic carbocycles. The summed E-state index contributed by atoms with van der Waals surface area (Å²) >= 11 is 0. The first kappa shape index (κ1) is 45.0. The summed E-state index contributed by atoms with van der Waals surface area (Å²) in [6.45, 7) is 8.94. The van der Waals surface area contributed by atoms with Crippen LogP contribution in [-0.2, 0) is 0 Å². The smallest absolute Gasteiger partial charge is 0.0625 e. The lowest BCUT2D eigenvalue weighted by Gasteiger charge is -2.15. The molecule has 10 aromatic carbocycles. The van der Waals surface area contributed by atoms with Gasteiger partial charge in [-0.3, -0.25) is 0 Å². The van der Waals surface area contributed by atoms with Gasteiger partial charge in [-0.15, -0.1) is 0 Å². The van der Waals surface area contributed by atoms with Gasteiger partial charge in [-0.2, -0.15) is 0 Å². The molecular weight excluding hydrogens is 921 g/mol. The van der Waals surface area contributed by atoms with Gasteiger partial charge in [-0.25, -0.2) is 0 Å². The van der Waals surface area contributed by atoms with Gasteiger partial charge in [0, 0.05) is 67.1 Å². The largest absolute Gasteiger partial charge is 0.314 e. The van der Waals surface area contributed by atoms with E-state index in [-0.39, 0.29) is 0 Å². The molecular formula is C72H54N4. The van der Waals surface area contributed by atoms with Gasteiger partial charge in [0.15, 0.2) is 0 Å². The number of hydrogen-bond donors (Lipinski definition) is 0. The lowest BCUT2D eigenvalue weighted by atomic mass is 9.98. The van der Waals surface area contributed by atoms with Crippen molar-refractivity contribution in [1.82, 2.24) is 18.3 Å². The Morgan fingerprint density at radius 2 is 0.513 bits per heavy atom. The van der Waals surface area contributed by atoms with Crippen molar-refractivity contribution in [3.05, 3.63) is 278 Å². The maximum atomic E-state index is 2.45. The van der Waals surface area contributed by atoms with Gasteiger partial charge in [0.1, 0.15) is 0 Å². The monoisotopic (exact) mass is 974 g/mol. The molecule has 0 aliphatic heterocycles. The highest BCUT2D eigenvalue weighted by molar-refractivity contribution is 6.09. The second-order valence-corrected chi connectivity index (χ2v) is 20.5. The van der Waals surface area contributed by atoms with Crippen molar-refractivity contribution >= 4 is 43.6 Å². The Hall–Kier alpha value is -9.64. The van der Waals surface area contributed by atoms with Crippen LogP contribution in [-0.4, -0.2) is 18.3 Å². The molecule has 0 spiro atoms. The maximum Gasteiger partial charge on any atom is 0.0625 e. The third kappa shape index (κ3) is 7.60. The first-order valence-electron chi connectivity index (χ1n) is 26.3. The molecule has 4 aromatic heterocycles. The van der Waals surface area contributed by atoms with Crippen LogP contribution in [0.15, 0.2) is 255 Å². The van der Waals surface area contributed by atoms with Gasteiger partial charge in [0.2, 0.25) is 0 Å². The van der Waals surface area contributed by atoms with Gasteiger partial charge in [0.05, 0.1) is 22.1 Å². The number of rotatable bonds is 9. The third-order valence-electron chi connectivity index (χ3n) is 15.5. The van der Waals surface area contributed by atoms with E-state index < -0.39 is 0 Å². The molecule has 14 rings (SSSR count). The first-order valence-corrected chi connectivity index (χ1v) is 26.3. The molecule has 0 aliphatic rings. The minimum Gasteiger partial charge on any atom is -0.314 e. The zero-order valence-electron chi connectivity index (χ0n) is 43.0. The molecule has 0 saturated heterocycles. The molecule has 4 nitrogen and oxygen atoms in total. The van der Waals surface area contributed by atoms with Gasteiger partial charge < -0.3 is 18.3 Å². The molecule has 0 atom stereocenters. The van der Waals surface area contributed by atoms with E-state index in [0.29, 0.717) is 0 Å². The van der Waals surface area contributed by atoms with Crippen LogP contribution < -0.4 is 0 Å². The van der Waals surface area contributed by atoms with Crippen molar-refractivity contribution in [3.63, 3.8) is 0 Å². The lowest BCUT2D eigenvalue weighted by molar-refractivity contribution is 1.05. The summed E-state index contributed by atoms with van der Waals surface area (Å²) < 4.78 is 9.78. The molecule has 0 N–H and O–H groups in total. The van der Waals surface area contributed by atoms with E-state index >= 15 is 0 Å². The van der Waals surface area contributed by atoms with Gasteiger partial charge >= 0.3 is 0 Å². The molecule has 0 fully saturated rings. The summed E-state index contributed by atoms with van der Waals surface area (Å²) in [5, 5.41) is 4.91. The minimum atomic E-state index is 1.14. The van der Waals surface area contributed by atoms with Crippen LogP contribution in [0.1, 0.15) is 22.8 Å². The molecule has 0 radical (unpaired) electrons. The highest BCUT2D eigenvalue weighted by atomic mass is 15.0. The number of benzene rings is 10. The minimum absolute atomic E-state index is 1.14. The first-order chi connectivity index (χ1) is 37.3. The van der Waals surface area contributed by atoms with E-state index in [1.165, 1.54) is 122 Å². The highest BCUT2D eigenvalue weighted by Crippen LogP contribution is 2.40. The fourth-order valence-electron chi connectivity index (χ4n) is 12.2. The maximum absolute atomic E-state index is 2.45. The van der Waals surface area contributed by atoms with Crippen LogP contribution in [0.2, 0.25) is 0 Å². The predicted molar refractivity (Wildman–Crippen MR) is 320 cm³/mol. The van der Waals surface area contributed by atoms with Crippen molar-refractivity contribution in [2.24, 2.45) is 0 Å². The molecule has 4 heteroatoms. The van der Waals surface area contributed by atoms with Crippen LogP contribution in [0.5, 0.6) is 0 Å². The number of nitrogens with zero attached hydrogens (tertiary/aromatic N) is 4. The van der Waals surface area contributed by atoms with Crippen molar-refractivity contribution < 1.29 is 0 Å². The third-order valence-corrected chi connectivity index (χ3v) is 15.5. The number of hydrogen-bond acceptors (Lipinski definition) is 0. The van der Waals surface area contributed by atoms with Crippen molar-refractivity contribution in [2.75, 3.05) is 0 Å². The average molecular weight is 975 g/mol. The summed E-state index contributed by atoms with van der Waals surface area (Å²) in [7, 11) is 0. The summed E-state index contributed by atoms with van der Waals surface area (Å²) in [5.41, 5.74) is 26.1. The Labute approximate surface area is 443 Å². The van der Waals surface area contributed by atoms with Gasteiger partial charge in [0.25, 0.3) is 0 Å². The van der Waals surface area contributed by atoms with E-state index in [1.54, 1.807) is 0 Å². The van der Waals surface area contributed by atoms with E-state index in [1.807, 2.05) is 0 Å². The fraction of sp³-hybridized carbons (Fsp3) is 0.0556. The van der Waals surface area contributed by atoms with E-state index in [9.17, 15) is 0 Å². The summed E-state index contributed by atoms with van der Waals surface area (Å²) in [6, 6.07) is 93.6. The van der Waals surface area contributed by atoms with Crippen molar-refractivity contribution in [2.45, 2.75) is 27.7 Å². The number of aromatic nitrogens is 4. The van der Waals surface area contributed by atoms with E-state index in [0.717, 1.165) is 22.7 Å². The Kier molecular flexibility index (Phi) is 10.7. The SMILES string of the molecule is Cc1cc2c(ccc3cc(C)n(-c4cccc(-c5cccc(-n6c(C)cc7ccc8c(cc(C)n8-c8cc(-c9ccccc9)cc(-c9ccccc9)c8)c76)c5)c4)c32)n1-c1cc(-c2ccccc2)cc(-c2ccccc2)c1. The second kappa shape index (κ2) is 18.1. The Morgan fingerprint density at radius 3 is 0.855 bits per heavy atom. The van der Waals surface area contributed by atoms with E-state index in [2.05, 4.69) is 301 Å².